The Morgan fingerprint density at radius 1 is 1.09 bits per heavy atom. The van der Waals surface area contributed by atoms with E-state index in [9.17, 15) is 18.0 Å². The van der Waals surface area contributed by atoms with Crippen LogP contribution in [0.5, 0.6) is 5.75 Å². The summed E-state index contributed by atoms with van der Waals surface area (Å²) in [4.78, 5) is 25.3. The van der Waals surface area contributed by atoms with E-state index in [0.29, 0.717) is 24.3 Å². The van der Waals surface area contributed by atoms with Crippen LogP contribution in [0, 0.1) is 12.8 Å². The summed E-state index contributed by atoms with van der Waals surface area (Å²) in [7, 11) is -2.03. The Morgan fingerprint density at radius 3 is 2.38 bits per heavy atom. The van der Waals surface area contributed by atoms with Crippen LogP contribution < -0.4 is 15.4 Å². The maximum absolute atomic E-state index is 12.8. The number of ether oxygens (including phenoxy) is 1. The molecule has 2 aromatic carbocycles. The second-order valence-corrected chi connectivity index (χ2v) is 9.88. The largest absolute Gasteiger partial charge is 0.497 e. The topological polar surface area (TPSA) is 105 Å². The van der Waals surface area contributed by atoms with Gasteiger partial charge in [-0.3, -0.25) is 9.59 Å². The fourth-order valence-corrected chi connectivity index (χ4v) is 5.04. The Kier molecular flexibility index (Phi) is 7.52. The van der Waals surface area contributed by atoms with Gasteiger partial charge in [-0.1, -0.05) is 23.8 Å². The molecule has 1 atom stereocenters. The first-order valence-corrected chi connectivity index (χ1v) is 12.0. The number of nitrogens with one attached hydrogen (secondary N) is 2. The van der Waals surface area contributed by atoms with E-state index < -0.39 is 16.1 Å². The summed E-state index contributed by atoms with van der Waals surface area (Å²) in [5, 5.41) is 5.49. The van der Waals surface area contributed by atoms with Crippen LogP contribution in [-0.4, -0.2) is 50.8 Å². The van der Waals surface area contributed by atoms with Gasteiger partial charge in [0.2, 0.25) is 21.8 Å². The number of anilines is 1. The fourth-order valence-electron chi connectivity index (χ4n) is 3.57. The lowest BCUT2D eigenvalue weighted by atomic mass is 9.97. The first-order chi connectivity index (χ1) is 15.2. The van der Waals surface area contributed by atoms with Crippen LogP contribution in [0.25, 0.3) is 0 Å². The highest BCUT2D eigenvalue weighted by atomic mass is 32.2. The molecular formula is C23H29N3O5S. The number of nitrogens with zero attached hydrogens (tertiary/aromatic N) is 1. The van der Waals surface area contributed by atoms with E-state index in [1.54, 1.807) is 62.6 Å². The lowest BCUT2D eigenvalue weighted by Crippen LogP contribution is -2.47. The van der Waals surface area contributed by atoms with E-state index in [1.807, 2.05) is 6.92 Å². The van der Waals surface area contributed by atoms with Crippen LogP contribution in [0.4, 0.5) is 5.69 Å². The second-order valence-electron chi connectivity index (χ2n) is 7.94. The summed E-state index contributed by atoms with van der Waals surface area (Å²) in [5.41, 5.74) is 1.56. The lowest BCUT2D eigenvalue weighted by Gasteiger charge is -2.31. The van der Waals surface area contributed by atoms with Crippen molar-refractivity contribution in [3.8, 4) is 5.75 Å². The van der Waals surface area contributed by atoms with Gasteiger partial charge < -0.3 is 15.4 Å². The van der Waals surface area contributed by atoms with Gasteiger partial charge in [-0.2, -0.15) is 4.31 Å². The molecule has 1 aliphatic heterocycles. The number of aryl methyl sites for hydroxylation is 1. The molecule has 8 nitrogen and oxygen atoms in total. The number of hydrogen-bond donors (Lipinski definition) is 2. The molecule has 1 fully saturated rings. The van der Waals surface area contributed by atoms with Gasteiger partial charge in [0.1, 0.15) is 11.8 Å². The fraction of sp³-hybridized carbons (Fsp3) is 0.391. The Labute approximate surface area is 189 Å². The Bertz CT molecular complexity index is 1060. The van der Waals surface area contributed by atoms with Crippen molar-refractivity contribution in [3.05, 3.63) is 54.1 Å². The molecule has 0 aliphatic carbocycles. The molecule has 9 heteroatoms. The van der Waals surface area contributed by atoms with Crippen molar-refractivity contribution < 1.29 is 22.7 Å². The maximum atomic E-state index is 12.8. The van der Waals surface area contributed by atoms with E-state index in [0.717, 1.165) is 5.56 Å². The standard InChI is InChI=1S/C23H29N3O5S/c1-16-7-9-21(10-8-16)32(29,30)26-13-11-18(12-14-26)23(28)24-17(2)22(27)25-19-5-4-6-20(15-19)31-3/h4-10,15,17-18H,11-14H2,1-3H3,(H,24,28)(H,25,27). The number of carbonyl (C=O) groups is 2. The zero-order valence-corrected chi connectivity index (χ0v) is 19.3. The molecule has 0 radical (unpaired) electrons. The SMILES string of the molecule is COc1cccc(NC(=O)C(C)NC(=O)C2CCN(S(=O)(=O)c3ccc(C)cc3)CC2)c1. The van der Waals surface area contributed by atoms with E-state index in [-0.39, 0.29) is 35.7 Å². The molecule has 32 heavy (non-hydrogen) atoms. The first kappa shape index (κ1) is 23.7. The van der Waals surface area contributed by atoms with Crippen molar-refractivity contribution in [2.24, 2.45) is 5.92 Å². The minimum absolute atomic E-state index is 0.245. The number of hydrogen-bond acceptors (Lipinski definition) is 5. The normalized spacial score (nSPS) is 16.2. The van der Waals surface area contributed by atoms with E-state index in [2.05, 4.69) is 10.6 Å². The average molecular weight is 460 g/mol. The molecule has 2 amide bonds. The van der Waals surface area contributed by atoms with Gasteiger partial charge in [0.25, 0.3) is 0 Å². The number of methoxy groups -OCH3 is 1. The Balaban J connectivity index is 1.52. The molecule has 0 aromatic heterocycles. The van der Waals surface area contributed by atoms with Gasteiger partial charge in [0, 0.05) is 30.8 Å². The first-order valence-electron chi connectivity index (χ1n) is 10.5. The lowest BCUT2D eigenvalue weighted by molar-refractivity contribution is -0.129. The monoisotopic (exact) mass is 459 g/mol. The van der Waals surface area contributed by atoms with Gasteiger partial charge in [-0.05, 0) is 51.0 Å². The number of amides is 2. The van der Waals surface area contributed by atoms with E-state index in [1.165, 1.54) is 4.31 Å². The molecule has 1 unspecified atom stereocenters. The van der Waals surface area contributed by atoms with Crippen molar-refractivity contribution in [2.75, 3.05) is 25.5 Å². The summed E-state index contributed by atoms with van der Waals surface area (Å²) in [5.74, 6) is -0.310. The van der Waals surface area contributed by atoms with Gasteiger partial charge in [0.15, 0.2) is 0 Å². The highest BCUT2D eigenvalue weighted by molar-refractivity contribution is 7.89. The third-order valence-corrected chi connectivity index (χ3v) is 7.49. The Morgan fingerprint density at radius 2 is 1.75 bits per heavy atom. The molecule has 1 heterocycles. The van der Waals surface area contributed by atoms with Crippen LogP contribution in [-0.2, 0) is 19.6 Å². The zero-order valence-electron chi connectivity index (χ0n) is 18.5. The molecule has 1 saturated heterocycles. The van der Waals surface area contributed by atoms with Crippen LogP contribution >= 0.6 is 0 Å². The second kappa shape index (κ2) is 10.1. The molecule has 1 aliphatic rings. The summed E-state index contributed by atoms with van der Waals surface area (Å²) >= 11 is 0. The minimum Gasteiger partial charge on any atom is -0.497 e. The van der Waals surface area contributed by atoms with Gasteiger partial charge in [-0.25, -0.2) is 8.42 Å². The van der Waals surface area contributed by atoms with Crippen LogP contribution in [0.3, 0.4) is 0 Å². The minimum atomic E-state index is -3.58. The van der Waals surface area contributed by atoms with E-state index in [4.69, 9.17) is 4.74 Å². The number of rotatable bonds is 7. The van der Waals surface area contributed by atoms with Crippen LogP contribution in [0.2, 0.25) is 0 Å². The van der Waals surface area contributed by atoms with Gasteiger partial charge in [0.05, 0.1) is 12.0 Å². The predicted molar refractivity (Wildman–Crippen MR) is 122 cm³/mol. The highest BCUT2D eigenvalue weighted by Gasteiger charge is 2.32. The molecule has 172 valence electrons. The third kappa shape index (κ3) is 5.66. The average Bonchev–Trinajstić information content (AvgIpc) is 2.79. The van der Waals surface area contributed by atoms with E-state index >= 15 is 0 Å². The smallest absolute Gasteiger partial charge is 0.246 e. The maximum Gasteiger partial charge on any atom is 0.246 e. The molecule has 0 spiro atoms. The van der Waals surface area contributed by atoms with Crippen LogP contribution in [0.1, 0.15) is 25.3 Å². The summed E-state index contributed by atoms with van der Waals surface area (Å²) < 4.78 is 32.2. The summed E-state index contributed by atoms with van der Waals surface area (Å²) in [6.07, 6.45) is 0.808. The molecule has 2 N–H and O–H groups in total. The molecule has 0 saturated carbocycles. The van der Waals surface area contributed by atoms with Crippen molar-refractivity contribution in [3.63, 3.8) is 0 Å². The number of sulfonamides is 1. The van der Waals surface area contributed by atoms with Crippen molar-refractivity contribution in [1.82, 2.24) is 9.62 Å². The number of benzene rings is 2. The quantitative estimate of drug-likeness (QED) is 0.662. The highest BCUT2D eigenvalue weighted by Crippen LogP contribution is 2.24. The molecule has 0 bridgehead atoms. The number of carbonyl (C=O) groups excluding carboxylic acids is 2. The molecular weight excluding hydrogens is 430 g/mol. The summed E-state index contributed by atoms with van der Waals surface area (Å²) in [6, 6.07) is 13.0. The van der Waals surface area contributed by atoms with Crippen molar-refractivity contribution in [2.45, 2.75) is 37.6 Å². The van der Waals surface area contributed by atoms with Crippen LogP contribution in [0.15, 0.2) is 53.4 Å². The Hall–Kier alpha value is -2.91. The number of piperidine rings is 1. The zero-order chi connectivity index (χ0) is 23.3. The third-order valence-electron chi connectivity index (χ3n) is 5.57. The van der Waals surface area contributed by atoms with Crippen molar-refractivity contribution >= 4 is 27.5 Å². The summed E-state index contributed by atoms with van der Waals surface area (Å²) in [6.45, 7) is 4.04. The van der Waals surface area contributed by atoms with Gasteiger partial charge >= 0.3 is 0 Å². The molecule has 3 rings (SSSR count). The molecule has 2 aromatic rings. The predicted octanol–water partition coefficient (Wildman–Crippen LogP) is 2.55. The van der Waals surface area contributed by atoms with Crippen molar-refractivity contribution in [1.29, 1.82) is 0 Å². The van der Waals surface area contributed by atoms with Gasteiger partial charge in [-0.15, -0.1) is 0 Å².